The van der Waals surface area contributed by atoms with Gasteiger partial charge in [0.1, 0.15) is 12.5 Å². The van der Waals surface area contributed by atoms with Crippen molar-refractivity contribution >= 4 is 29.1 Å². The molecular weight excluding hydrogens is 323 g/mol. The lowest BCUT2D eigenvalue weighted by Gasteiger charge is -2.27. The number of hydrogen-bond donors (Lipinski definition) is 0. The lowest BCUT2D eigenvalue weighted by Crippen LogP contribution is -2.42. The van der Waals surface area contributed by atoms with Crippen LogP contribution in [-0.2, 0) is 4.79 Å². The molecule has 0 saturated carbocycles. The molecule has 0 aliphatic carbocycles. The summed E-state index contributed by atoms with van der Waals surface area (Å²) in [6.45, 7) is 0.649. The van der Waals surface area contributed by atoms with Crippen LogP contribution in [0.4, 0.5) is 10.1 Å². The predicted molar refractivity (Wildman–Crippen MR) is 82.7 cm³/mol. The summed E-state index contributed by atoms with van der Waals surface area (Å²) in [6.07, 6.45) is 2.61. The van der Waals surface area contributed by atoms with E-state index in [1.807, 2.05) is 0 Å². The van der Waals surface area contributed by atoms with Crippen LogP contribution in [0.25, 0.3) is 0 Å². The third kappa shape index (κ3) is 3.22. The topological polar surface area (TPSA) is 53.8 Å². The second kappa shape index (κ2) is 6.42. The highest BCUT2D eigenvalue weighted by Crippen LogP contribution is 2.25. The molecule has 2 heterocycles. The normalized spacial score (nSPS) is 14.3. The van der Waals surface area contributed by atoms with Crippen LogP contribution in [0, 0.1) is 5.82 Å². The smallest absolute Gasteiger partial charge is 0.295 e. The molecule has 0 unspecified atom stereocenters. The van der Waals surface area contributed by atoms with Crippen LogP contribution in [0.3, 0.4) is 0 Å². The number of nitrogens with zero attached hydrogens (tertiary/aromatic N) is 2. The maximum absolute atomic E-state index is 13.4. The highest BCUT2D eigenvalue weighted by Gasteiger charge is 2.27. The summed E-state index contributed by atoms with van der Waals surface area (Å²) in [5.41, 5.74) is 0.400. The van der Waals surface area contributed by atoms with E-state index in [1.54, 1.807) is 11.0 Å². The highest BCUT2D eigenvalue weighted by molar-refractivity contribution is 6.31. The average Bonchev–Trinajstić information content (AvgIpc) is 3.19. The van der Waals surface area contributed by atoms with Gasteiger partial charge in [0.15, 0.2) is 5.76 Å². The van der Waals surface area contributed by atoms with Gasteiger partial charge in [0.05, 0.1) is 11.3 Å². The number of rotatable bonds is 4. The molecule has 0 spiro atoms. The molecular formula is C16H14ClFN2O3. The van der Waals surface area contributed by atoms with Crippen LogP contribution < -0.4 is 4.90 Å². The van der Waals surface area contributed by atoms with Crippen molar-refractivity contribution in [1.29, 1.82) is 0 Å². The maximum Gasteiger partial charge on any atom is 0.295 e. The van der Waals surface area contributed by atoms with E-state index in [0.717, 1.165) is 6.42 Å². The first-order valence-electron chi connectivity index (χ1n) is 7.14. The number of amides is 2. The van der Waals surface area contributed by atoms with E-state index < -0.39 is 11.7 Å². The predicted octanol–water partition coefficient (Wildman–Crippen LogP) is 3.30. The summed E-state index contributed by atoms with van der Waals surface area (Å²) in [4.78, 5) is 27.4. The Morgan fingerprint density at radius 1 is 1.39 bits per heavy atom. The number of carbonyl (C=O) groups is 2. The van der Waals surface area contributed by atoms with Gasteiger partial charge in [0.2, 0.25) is 5.91 Å². The molecule has 1 fully saturated rings. The lowest BCUT2D eigenvalue weighted by atomic mass is 10.2. The van der Waals surface area contributed by atoms with Crippen molar-refractivity contribution in [3.8, 4) is 0 Å². The quantitative estimate of drug-likeness (QED) is 0.860. The zero-order chi connectivity index (χ0) is 16.4. The Morgan fingerprint density at radius 3 is 2.83 bits per heavy atom. The Balaban J connectivity index is 1.93. The number of furan rings is 1. The summed E-state index contributed by atoms with van der Waals surface area (Å²) in [6, 6.07) is 7.13. The number of benzene rings is 1. The van der Waals surface area contributed by atoms with Gasteiger partial charge in [0.25, 0.3) is 5.91 Å². The van der Waals surface area contributed by atoms with Gasteiger partial charge in [-0.15, -0.1) is 0 Å². The number of likely N-dealkylation sites (tertiary alicyclic amines) is 1. The zero-order valence-corrected chi connectivity index (χ0v) is 12.9. The van der Waals surface area contributed by atoms with Gasteiger partial charge in [-0.05, 0) is 36.8 Å². The first-order chi connectivity index (χ1) is 11.1. The van der Waals surface area contributed by atoms with E-state index in [4.69, 9.17) is 16.0 Å². The maximum atomic E-state index is 13.4. The molecule has 5 nitrogen and oxygen atoms in total. The van der Waals surface area contributed by atoms with Gasteiger partial charge in [-0.25, -0.2) is 4.39 Å². The molecule has 2 aromatic rings. The van der Waals surface area contributed by atoms with Gasteiger partial charge < -0.3 is 9.32 Å². The second-order valence-corrected chi connectivity index (χ2v) is 5.62. The van der Waals surface area contributed by atoms with E-state index in [1.165, 1.54) is 35.4 Å². The molecule has 1 saturated heterocycles. The Morgan fingerprint density at radius 2 is 2.22 bits per heavy atom. The third-order valence-electron chi connectivity index (χ3n) is 3.68. The lowest BCUT2D eigenvalue weighted by molar-refractivity contribution is -0.127. The molecule has 3 rings (SSSR count). The summed E-state index contributed by atoms with van der Waals surface area (Å²) in [5, 5.41) is -0.0903. The van der Waals surface area contributed by atoms with Crippen LogP contribution in [-0.4, -0.2) is 29.9 Å². The molecule has 1 aromatic heterocycles. The van der Waals surface area contributed by atoms with Crippen LogP contribution in [0.15, 0.2) is 41.0 Å². The minimum absolute atomic E-state index is 0.0181. The molecule has 0 bridgehead atoms. The molecule has 0 N–H and O–H groups in total. The SMILES string of the molecule is O=C1CCCN1CN(C(=O)c1ccco1)c1ccc(F)c(Cl)c1. The number of hydrogen-bond acceptors (Lipinski definition) is 3. The van der Waals surface area contributed by atoms with E-state index in [2.05, 4.69) is 0 Å². The van der Waals surface area contributed by atoms with E-state index in [9.17, 15) is 14.0 Å². The molecule has 120 valence electrons. The van der Waals surface area contributed by atoms with Crippen molar-refractivity contribution in [3.05, 3.63) is 53.2 Å². The Labute approximate surface area is 137 Å². The second-order valence-electron chi connectivity index (χ2n) is 5.21. The standard InChI is InChI=1S/C16H14ClFN2O3/c17-12-9-11(5-6-13(12)18)20(10-19-7-1-4-15(19)21)16(22)14-3-2-8-23-14/h2-3,5-6,8-9H,1,4,7,10H2. The Kier molecular flexibility index (Phi) is 4.34. The Hall–Kier alpha value is -2.34. The van der Waals surface area contributed by atoms with Gasteiger partial charge in [-0.3, -0.25) is 14.5 Å². The summed E-state index contributed by atoms with van der Waals surface area (Å²) in [5.74, 6) is -0.872. The monoisotopic (exact) mass is 336 g/mol. The fourth-order valence-corrected chi connectivity index (χ4v) is 2.65. The Bertz CT molecular complexity index is 733. The molecule has 23 heavy (non-hydrogen) atoms. The molecule has 1 aliphatic rings. The van der Waals surface area contributed by atoms with E-state index >= 15 is 0 Å². The molecule has 1 aliphatic heterocycles. The van der Waals surface area contributed by atoms with Crippen molar-refractivity contribution in [2.24, 2.45) is 0 Å². The molecule has 7 heteroatoms. The van der Waals surface area contributed by atoms with Crippen LogP contribution >= 0.6 is 11.6 Å². The minimum Gasteiger partial charge on any atom is -0.459 e. The van der Waals surface area contributed by atoms with Gasteiger partial charge in [-0.2, -0.15) is 0 Å². The molecule has 0 atom stereocenters. The number of halogens is 2. The van der Waals surface area contributed by atoms with Crippen LogP contribution in [0.2, 0.25) is 5.02 Å². The molecule has 0 radical (unpaired) electrons. The number of carbonyl (C=O) groups excluding carboxylic acids is 2. The first kappa shape index (κ1) is 15.6. The highest BCUT2D eigenvalue weighted by atomic mass is 35.5. The van der Waals surface area contributed by atoms with Crippen molar-refractivity contribution < 1.29 is 18.4 Å². The van der Waals surface area contributed by atoms with Gasteiger partial charge >= 0.3 is 0 Å². The largest absolute Gasteiger partial charge is 0.459 e. The average molecular weight is 337 g/mol. The van der Waals surface area contributed by atoms with Gasteiger partial charge in [-0.1, -0.05) is 11.6 Å². The summed E-state index contributed by atoms with van der Waals surface area (Å²) < 4.78 is 18.5. The van der Waals surface area contributed by atoms with Crippen molar-refractivity contribution in [2.75, 3.05) is 18.1 Å². The van der Waals surface area contributed by atoms with E-state index in [0.29, 0.717) is 18.7 Å². The number of anilines is 1. The minimum atomic E-state index is -0.571. The fraction of sp³-hybridized carbons (Fsp3) is 0.250. The van der Waals surface area contributed by atoms with Crippen LogP contribution in [0.5, 0.6) is 0 Å². The third-order valence-corrected chi connectivity index (χ3v) is 3.97. The van der Waals surface area contributed by atoms with E-state index in [-0.39, 0.29) is 23.4 Å². The van der Waals surface area contributed by atoms with Crippen LogP contribution in [0.1, 0.15) is 23.4 Å². The van der Waals surface area contributed by atoms with Gasteiger partial charge in [0, 0.05) is 18.7 Å². The molecule has 2 amide bonds. The summed E-state index contributed by atoms with van der Waals surface area (Å²) in [7, 11) is 0. The van der Waals surface area contributed by atoms with Crippen molar-refractivity contribution in [1.82, 2.24) is 4.90 Å². The summed E-state index contributed by atoms with van der Waals surface area (Å²) >= 11 is 5.82. The van der Waals surface area contributed by atoms with Crippen molar-refractivity contribution in [3.63, 3.8) is 0 Å². The first-order valence-corrected chi connectivity index (χ1v) is 7.52. The fourth-order valence-electron chi connectivity index (χ4n) is 2.47. The van der Waals surface area contributed by atoms with Crippen molar-refractivity contribution in [2.45, 2.75) is 12.8 Å². The zero-order valence-electron chi connectivity index (χ0n) is 12.2. The molecule has 1 aromatic carbocycles.